The van der Waals surface area contributed by atoms with E-state index in [2.05, 4.69) is 41.1 Å². The third kappa shape index (κ3) is 2.23. The maximum atomic E-state index is 12.3. The predicted molar refractivity (Wildman–Crippen MR) is 98.6 cm³/mol. The third-order valence-electron chi connectivity index (χ3n) is 6.54. The number of aromatic nitrogens is 1. The molecule has 3 aliphatic heterocycles. The maximum Gasteiger partial charge on any atom is 0.337 e. The largest absolute Gasteiger partial charge is 0.497 e. The highest BCUT2D eigenvalue weighted by atomic mass is 16.5. The van der Waals surface area contributed by atoms with Gasteiger partial charge in [-0.05, 0) is 31.4 Å². The van der Waals surface area contributed by atoms with Crippen LogP contribution in [-0.2, 0) is 20.7 Å². The van der Waals surface area contributed by atoms with Crippen LogP contribution in [0.2, 0.25) is 0 Å². The van der Waals surface area contributed by atoms with E-state index < -0.39 is 0 Å². The number of H-pyrrole nitrogens is 1. The smallest absolute Gasteiger partial charge is 0.337 e. The number of para-hydroxylation sites is 1. The SMILES string of the molecule is COC(=O)C1=CO[C@@H](C)[C@H]2CN3CCc4c([nH]c5ccccc45)[C@H]3C[C@H]12. The van der Waals surface area contributed by atoms with E-state index in [0.717, 1.165) is 25.9 Å². The normalized spacial score (nSPS) is 30.6. The lowest BCUT2D eigenvalue weighted by atomic mass is 9.72. The van der Waals surface area contributed by atoms with E-state index >= 15 is 0 Å². The summed E-state index contributed by atoms with van der Waals surface area (Å²) in [4.78, 5) is 18.5. The van der Waals surface area contributed by atoms with E-state index in [0.29, 0.717) is 17.5 Å². The molecule has 1 fully saturated rings. The first kappa shape index (κ1) is 15.9. The number of hydrogen-bond acceptors (Lipinski definition) is 4. The Kier molecular flexibility index (Phi) is 3.60. The monoisotopic (exact) mass is 352 g/mol. The van der Waals surface area contributed by atoms with Gasteiger partial charge in [-0.15, -0.1) is 0 Å². The minimum absolute atomic E-state index is 0.124. The van der Waals surface area contributed by atoms with E-state index in [1.807, 2.05) is 0 Å². The molecule has 26 heavy (non-hydrogen) atoms. The Bertz CT molecular complexity index is 900. The molecule has 0 bridgehead atoms. The molecule has 0 unspecified atom stereocenters. The van der Waals surface area contributed by atoms with Crippen LogP contribution in [0, 0.1) is 11.8 Å². The number of esters is 1. The van der Waals surface area contributed by atoms with Crippen LogP contribution < -0.4 is 0 Å². The number of nitrogens with one attached hydrogen (secondary N) is 1. The molecule has 4 heterocycles. The van der Waals surface area contributed by atoms with Crippen LogP contribution in [0.1, 0.15) is 30.6 Å². The average molecular weight is 352 g/mol. The summed E-state index contributed by atoms with van der Waals surface area (Å²) >= 11 is 0. The molecular weight excluding hydrogens is 328 g/mol. The van der Waals surface area contributed by atoms with Crippen LogP contribution in [-0.4, -0.2) is 42.2 Å². The number of benzene rings is 1. The third-order valence-corrected chi connectivity index (χ3v) is 6.54. The maximum absolute atomic E-state index is 12.3. The number of carbonyl (C=O) groups excluding carboxylic acids is 1. The van der Waals surface area contributed by atoms with Gasteiger partial charge in [-0.3, -0.25) is 4.90 Å². The van der Waals surface area contributed by atoms with Crippen LogP contribution in [0.15, 0.2) is 36.1 Å². The Morgan fingerprint density at radius 3 is 3.04 bits per heavy atom. The highest BCUT2D eigenvalue weighted by Gasteiger charge is 2.46. The first-order valence-electron chi connectivity index (χ1n) is 9.44. The fraction of sp³-hybridized carbons (Fsp3) is 0.476. The van der Waals surface area contributed by atoms with Gasteiger partial charge >= 0.3 is 5.97 Å². The summed E-state index contributed by atoms with van der Waals surface area (Å²) in [7, 11) is 1.45. The number of carbonyl (C=O) groups is 1. The number of hydrogen-bond donors (Lipinski definition) is 1. The van der Waals surface area contributed by atoms with Crippen molar-refractivity contribution in [3.8, 4) is 0 Å². The zero-order valence-corrected chi connectivity index (χ0v) is 15.2. The van der Waals surface area contributed by atoms with E-state index in [-0.39, 0.29) is 18.0 Å². The molecule has 2 aromatic rings. The van der Waals surface area contributed by atoms with Gasteiger partial charge in [-0.25, -0.2) is 4.79 Å². The molecule has 1 aromatic heterocycles. The molecule has 5 heteroatoms. The van der Waals surface area contributed by atoms with Gasteiger partial charge in [-0.2, -0.15) is 0 Å². The molecule has 0 radical (unpaired) electrons. The minimum atomic E-state index is -0.256. The van der Waals surface area contributed by atoms with Crippen molar-refractivity contribution < 1.29 is 14.3 Å². The second kappa shape index (κ2) is 5.88. The van der Waals surface area contributed by atoms with Crippen molar-refractivity contribution in [2.75, 3.05) is 20.2 Å². The number of rotatable bonds is 1. The van der Waals surface area contributed by atoms with Crippen molar-refractivity contribution in [3.05, 3.63) is 47.4 Å². The quantitative estimate of drug-likeness (QED) is 0.801. The lowest BCUT2D eigenvalue weighted by molar-refractivity contribution is -0.139. The molecule has 136 valence electrons. The van der Waals surface area contributed by atoms with Crippen LogP contribution in [0.4, 0.5) is 0 Å². The van der Waals surface area contributed by atoms with Gasteiger partial charge in [-0.1, -0.05) is 18.2 Å². The van der Waals surface area contributed by atoms with Crippen LogP contribution >= 0.6 is 0 Å². The number of nitrogens with zero attached hydrogens (tertiary/aromatic N) is 1. The molecular formula is C21H24N2O3. The first-order valence-corrected chi connectivity index (χ1v) is 9.44. The highest BCUT2D eigenvalue weighted by molar-refractivity contribution is 5.89. The van der Waals surface area contributed by atoms with Gasteiger partial charge in [0.2, 0.25) is 0 Å². The zero-order chi connectivity index (χ0) is 17.8. The summed E-state index contributed by atoms with van der Waals surface area (Å²) in [6.07, 6.45) is 3.77. The van der Waals surface area contributed by atoms with Gasteiger partial charge in [0.25, 0.3) is 0 Å². The standard InChI is InChI=1S/C21H24N2O3/c1-12-16-10-23-8-7-14-13-5-3-4-6-18(13)22-20(14)19(23)9-15(16)17(11-26-12)21(24)25-2/h3-6,11-12,15-16,19,22H,7-10H2,1-2H3/t12-,15-,16+,19+/m0/s1. The number of piperidine rings is 1. The molecule has 0 spiro atoms. The molecule has 1 saturated heterocycles. The fourth-order valence-corrected chi connectivity index (χ4v) is 5.19. The van der Waals surface area contributed by atoms with E-state index in [1.54, 1.807) is 6.26 Å². The van der Waals surface area contributed by atoms with Crippen molar-refractivity contribution >= 4 is 16.9 Å². The summed E-state index contributed by atoms with van der Waals surface area (Å²) < 4.78 is 10.8. The van der Waals surface area contributed by atoms with Gasteiger partial charge in [0.05, 0.1) is 31.1 Å². The molecule has 1 N–H and O–H groups in total. The first-order chi connectivity index (χ1) is 12.7. The number of methoxy groups -OCH3 is 1. The van der Waals surface area contributed by atoms with Gasteiger partial charge in [0.15, 0.2) is 0 Å². The van der Waals surface area contributed by atoms with Crippen LogP contribution in [0.3, 0.4) is 0 Å². The molecule has 0 saturated carbocycles. The Balaban J connectivity index is 1.55. The topological polar surface area (TPSA) is 54.6 Å². The van der Waals surface area contributed by atoms with Gasteiger partial charge < -0.3 is 14.5 Å². The number of fused-ring (bicyclic) bond motifs is 6. The van der Waals surface area contributed by atoms with E-state index in [1.165, 1.54) is 29.3 Å². The highest BCUT2D eigenvalue weighted by Crippen LogP contribution is 2.47. The molecule has 5 nitrogen and oxygen atoms in total. The molecule has 1 aromatic carbocycles. The molecule has 5 rings (SSSR count). The Labute approximate surface area is 153 Å². The Hall–Kier alpha value is -2.27. The fourth-order valence-electron chi connectivity index (χ4n) is 5.19. The molecule has 4 atom stereocenters. The van der Waals surface area contributed by atoms with Gasteiger partial charge in [0.1, 0.15) is 0 Å². The summed E-state index contributed by atoms with van der Waals surface area (Å²) in [5, 5.41) is 1.34. The second-order valence-corrected chi connectivity index (χ2v) is 7.74. The van der Waals surface area contributed by atoms with Crippen molar-refractivity contribution in [1.29, 1.82) is 0 Å². The zero-order valence-electron chi connectivity index (χ0n) is 15.2. The summed E-state index contributed by atoms with van der Waals surface area (Å²) in [6.45, 7) is 4.13. The molecule has 3 aliphatic rings. The second-order valence-electron chi connectivity index (χ2n) is 7.74. The molecule has 0 amide bonds. The molecule has 0 aliphatic carbocycles. The van der Waals surface area contributed by atoms with Crippen LogP contribution in [0.5, 0.6) is 0 Å². The Morgan fingerprint density at radius 2 is 2.19 bits per heavy atom. The van der Waals surface area contributed by atoms with Gasteiger partial charge in [0, 0.05) is 41.5 Å². The predicted octanol–water partition coefficient (Wildman–Crippen LogP) is 3.18. The van der Waals surface area contributed by atoms with Crippen molar-refractivity contribution in [1.82, 2.24) is 9.88 Å². The van der Waals surface area contributed by atoms with E-state index in [4.69, 9.17) is 9.47 Å². The van der Waals surface area contributed by atoms with E-state index in [9.17, 15) is 4.79 Å². The summed E-state index contributed by atoms with van der Waals surface area (Å²) in [5.41, 5.74) is 4.69. The Morgan fingerprint density at radius 1 is 1.35 bits per heavy atom. The van der Waals surface area contributed by atoms with Crippen molar-refractivity contribution in [2.24, 2.45) is 11.8 Å². The van der Waals surface area contributed by atoms with Crippen molar-refractivity contribution in [3.63, 3.8) is 0 Å². The summed E-state index contributed by atoms with van der Waals surface area (Å²) in [5.74, 6) is 0.258. The number of aromatic amines is 1. The minimum Gasteiger partial charge on any atom is -0.497 e. The summed E-state index contributed by atoms with van der Waals surface area (Å²) in [6, 6.07) is 8.88. The van der Waals surface area contributed by atoms with Crippen LogP contribution in [0.25, 0.3) is 10.9 Å². The lowest BCUT2D eigenvalue weighted by Crippen LogP contribution is -2.51. The number of ether oxygens (including phenoxy) is 2. The average Bonchev–Trinajstić information content (AvgIpc) is 3.06. The van der Waals surface area contributed by atoms with Crippen molar-refractivity contribution in [2.45, 2.75) is 31.9 Å². The lowest BCUT2D eigenvalue weighted by Gasteiger charge is -2.49.